The van der Waals surface area contributed by atoms with Gasteiger partial charge in [-0.2, -0.15) is 0 Å². The Bertz CT molecular complexity index is 379. The van der Waals surface area contributed by atoms with Crippen LogP contribution in [0.15, 0.2) is 4.34 Å². The van der Waals surface area contributed by atoms with Crippen molar-refractivity contribution in [2.75, 3.05) is 17.2 Å². The Morgan fingerprint density at radius 1 is 1.62 bits per heavy atom. The Morgan fingerprint density at radius 2 is 2.38 bits per heavy atom. The molecular formula is C9H13N3O2S2. The van der Waals surface area contributed by atoms with Gasteiger partial charge in [0.1, 0.15) is 0 Å². The summed E-state index contributed by atoms with van der Waals surface area (Å²) < 4.78 is 0.733. The first kappa shape index (κ1) is 11.7. The first-order valence-electron chi connectivity index (χ1n) is 5.15. The van der Waals surface area contributed by atoms with E-state index in [-0.39, 0.29) is 5.75 Å². The standard InChI is InChI=1S/C9H13N3O2S2/c1-2-12(6-3-4-6)8-10-11-9(16-8)15-5-7(13)14/h6H,2-5H2,1H3,(H,13,14). The summed E-state index contributed by atoms with van der Waals surface area (Å²) in [4.78, 5) is 12.7. The number of hydrogen-bond donors (Lipinski definition) is 1. The molecule has 2 rings (SSSR count). The molecule has 0 bridgehead atoms. The number of carboxylic acid groups (broad SMARTS) is 1. The number of thioether (sulfide) groups is 1. The van der Waals surface area contributed by atoms with Crippen molar-refractivity contribution in [3.8, 4) is 0 Å². The molecule has 5 nitrogen and oxygen atoms in total. The lowest BCUT2D eigenvalue weighted by Gasteiger charge is -2.17. The molecule has 0 unspecified atom stereocenters. The van der Waals surface area contributed by atoms with Crippen molar-refractivity contribution in [1.82, 2.24) is 10.2 Å². The van der Waals surface area contributed by atoms with Gasteiger partial charge in [0.15, 0.2) is 4.34 Å². The summed E-state index contributed by atoms with van der Waals surface area (Å²) in [6, 6.07) is 0.621. The molecule has 0 spiro atoms. The van der Waals surface area contributed by atoms with Gasteiger partial charge < -0.3 is 10.0 Å². The predicted molar refractivity (Wildman–Crippen MR) is 64.3 cm³/mol. The van der Waals surface area contributed by atoms with E-state index < -0.39 is 5.97 Å². The number of carbonyl (C=O) groups is 1. The second-order valence-corrected chi connectivity index (χ2v) is 5.73. The monoisotopic (exact) mass is 259 g/mol. The van der Waals surface area contributed by atoms with Crippen LogP contribution in [-0.4, -0.2) is 39.6 Å². The minimum atomic E-state index is -0.823. The molecular weight excluding hydrogens is 246 g/mol. The van der Waals surface area contributed by atoms with Crippen molar-refractivity contribution in [1.29, 1.82) is 0 Å². The Morgan fingerprint density at radius 3 is 2.94 bits per heavy atom. The average Bonchev–Trinajstić information content (AvgIpc) is 2.96. The van der Waals surface area contributed by atoms with Crippen LogP contribution in [0.3, 0.4) is 0 Å². The average molecular weight is 259 g/mol. The summed E-state index contributed by atoms with van der Waals surface area (Å²) in [6.45, 7) is 3.03. The zero-order valence-electron chi connectivity index (χ0n) is 8.92. The molecule has 1 aliphatic rings. The second kappa shape index (κ2) is 5.01. The molecule has 1 aromatic heterocycles. The number of aromatic nitrogens is 2. The van der Waals surface area contributed by atoms with Gasteiger partial charge in [0.2, 0.25) is 5.13 Å². The van der Waals surface area contributed by atoms with Crippen molar-refractivity contribution in [3.05, 3.63) is 0 Å². The van der Waals surface area contributed by atoms with E-state index in [9.17, 15) is 4.79 Å². The number of aliphatic carboxylic acids is 1. The summed E-state index contributed by atoms with van der Waals surface area (Å²) in [7, 11) is 0. The SMILES string of the molecule is CCN(c1nnc(SCC(=O)O)s1)C1CC1. The topological polar surface area (TPSA) is 66.3 Å². The first-order valence-corrected chi connectivity index (χ1v) is 6.95. The molecule has 1 aromatic rings. The minimum Gasteiger partial charge on any atom is -0.481 e. The largest absolute Gasteiger partial charge is 0.481 e. The van der Waals surface area contributed by atoms with Crippen molar-refractivity contribution in [2.45, 2.75) is 30.1 Å². The van der Waals surface area contributed by atoms with Crippen molar-refractivity contribution < 1.29 is 9.90 Å². The molecule has 1 aliphatic carbocycles. The third-order valence-corrected chi connectivity index (χ3v) is 4.37. The smallest absolute Gasteiger partial charge is 0.313 e. The van der Waals surface area contributed by atoms with Crippen molar-refractivity contribution in [3.63, 3.8) is 0 Å². The van der Waals surface area contributed by atoms with E-state index in [1.54, 1.807) is 0 Å². The van der Waals surface area contributed by atoms with Gasteiger partial charge in [0.05, 0.1) is 5.75 Å². The highest BCUT2D eigenvalue weighted by Crippen LogP contribution is 2.35. The number of nitrogens with zero attached hydrogens (tertiary/aromatic N) is 3. The number of hydrogen-bond acceptors (Lipinski definition) is 6. The van der Waals surface area contributed by atoms with Crippen LogP contribution in [0.2, 0.25) is 0 Å². The van der Waals surface area contributed by atoms with Crippen LogP contribution in [0.1, 0.15) is 19.8 Å². The molecule has 16 heavy (non-hydrogen) atoms. The lowest BCUT2D eigenvalue weighted by Crippen LogP contribution is -2.24. The summed E-state index contributed by atoms with van der Waals surface area (Å²) in [6.07, 6.45) is 2.45. The van der Waals surface area contributed by atoms with Gasteiger partial charge >= 0.3 is 5.97 Å². The van der Waals surface area contributed by atoms with Crippen LogP contribution >= 0.6 is 23.1 Å². The van der Waals surface area contributed by atoms with E-state index >= 15 is 0 Å². The Kier molecular flexibility index (Phi) is 3.65. The molecule has 0 atom stereocenters. The fourth-order valence-electron chi connectivity index (χ4n) is 1.44. The molecule has 0 saturated heterocycles. The molecule has 7 heteroatoms. The third-order valence-electron chi connectivity index (χ3n) is 2.29. The van der Waals surface area contributed by atoms with E-state index in [1.807, 2.05) is 0 Å². The van der Waals surface area contributed by atoms with Crippen LogP contribution in [0.5, 0.6) is 0 Å². The molecule has 1 heterocycles. The van der Waals surface area contributed by atoms with E-state index in [2.05, 4.69) is 22.0 Å². The number of rotatable bonds is 6. The Hall–Kier alpha value is -0.820. The summed E-state index contributed by atoms with van der Waals surface area (Å²) in [5.41, 5.74) is 0. The van der Waals surface area contributed by atoms with Gasteiger partial charge in [0, 0.05) is 12.6 Å². The van der Waals surface area contributed by atoms with Crippen LogP contribution in [-0.2, 0) is 4.79 Å². The van der Waals surface area contributed by atoms with E-state index in [1.165, 1.54) is 35.9 Å². The van der Waals surface area contributed by atoms with Gasteiger partial charge in [-0.1, -0.05) is 23.1 Å². The highest BCUT2D eigenvalue weighted by Gasteiger charge is 2.30. The van der Waals surface area contributed by atoms with E-state index in [0.717, 1.165) is 16.0 Å². The normalized spacial score (nSPS) is 15.1. The molecule has 0 radical (unpaired) electrons. The summed E-state index contributed by atoms with van der Waals surface area (Å²) in [5.74, 6) is -0.777. The van der Waals surface area contributed by atoms with Crippen LogP contribution in [0.4, 0.5) is 5.13 Å². The van der Waals surface area contributed by atoms with Crippen molar-refractivity contribution in [2.24, 2.45) is 0 Å². The van der Waals surface area contributed by atoms with Crippen molar-refractivity contribution >= 4 is 34.2 Å². The number of anilines is 1. The molecule has 0 aliphatic heterocycles. The zero-order chi connectivity index (χ0) is 11.5. The second-order valence-electron chi connectivity index (χ2n) is 3.55. The fourth-order valence-corrected chi connectivity index (χ4v) is 3.13. The molecule has 88 valence electrons. The van der Waals surface area contributed by atoms with Gasteiger partial charge in [-0.05, 0) is 19.8 Å². The summed E-state index contributed by atoms with van der Waals surface area (Å²) >= 11 is 2.71. The number of carboxylic acids is 1. The molecule has 0 aromatic carbocycles. The molecule has 1 N–H and O–H groups in total. The zero-order valence-corrected chi connectivity index (χ0v) is 10.6. The van der Waals surface area contributed by atoms with Gasteiger partial charge in [-0.3, -0.25) is 4.79 Å². The fraction of sp³-hybridized carbons (Fsp3) is 0.667. The third kappa shape index (κ3) is 2.85. The van der Waals surface area contributed by atoms with E-state index in [4.69, 9.17) is 5.11 Å². The van der Waals surface area contributed by atoms with E-state index in [0.29, 0.717) is 6.04 Å². The van der Waals surface area contributed by atoms with Gasteiger partial charge in [-0.15, -0.1) is 10.2 Å². The molecule has 0 amide bonds. The van der Waals surface area contributed by atoms with Crippen LogP contribution < -0.4 is 4.90 Å². The lowest BCUT2D eigenvalue weighted by atomic mass is 10.5. The highest BCUT2D eigenvalue weighted by atomic mass is 32.2. The molecule has 1 fully saturated rings. The minimum absolute atomic E-state index is 0.0458. The maximum atomic E-state index is 10.4. The van der Waals surface area contributed by atoms with Gasteiger partial charge in [0.25, 0.3) is 0 Å². The Labute approximate surface area is 102 Å². The quantitative estimate of drug-likeness (QED) is 0.784. The summed E-state index contributed by atoms with van der Waals surface area (Å²) in [5, 5.41) is 17.6. The maximum absolute atomic E-state index is 10.4. The lowest BCUT2D eigenvalue weighted by molar-refractivity contribution is -0.133. The van der Waals surface area contributed by atoms with Crippen LogP contribution in [0.25, 0.3) is 0 Å². The Balaban J connectivity index is 1.97. The highest BCUT2D eigenvalue weighted by molar-refractivity contribution is 8.01. The maximum Gasteiger partial charge on any atom is 0.313 e. The first-order chi connectivity index (χ1) is 7.70. The van der Waals surface area contributed by atoms with Crippen LogP contribution in [0, 0.1) is 0 Å². The molecule has 1 saturated carbocycles. The van der Waals surface area contributed by atoms with Gasteiger partial charge in [-0.25, -0.2) is 0 Å². The predicted octanol–water partition coefficient (Wildman–Crippen LogP) is 1.70.